The highest BCUT2D eigenvalue weighted by Gasteiger charge is 2.20. The molecule has 0 spiro atoms. The molecule has 1 aliphatic heterocycles. The van der Waals surface area contributed by atoms with Crippen molar-refractivity contribution in [2.75, 3.05) is 51.3 Å². The number of hydrogen-bond acceptors (Lipinski definition) is 6. The first-order valence-corrected chi connectivity index (χ1v) is 10.8. The normalized spacial score (nSPS) is 14.9. The molecule has 0 saturated carbocycles. The van der Waals surface area contributed by atoms with Gasteiger partial charge in [0, 0.05) is 38.1 Å². The van der Waals surface area contributed by atoms with Crippen LogP contribution in [0.25, 0.3) is 10.1 Å². The van der Waals surface area contributed by atoms with Crippen LogP contribution in [0.5, 0.6) is 11.5 Å². The van der Waals surface area contributed by atoms with Gasteiger partial charge < -0.3 is 14.4 Å². The van der Waals surface area contributed by atoms with Gasteiger partial charge >= 0.3 is 0 Å². The van der Waals surface area contributed by atoms with E-state index < -0.39 is 0 Å². The molecule has 0 atom stereocenters. The SMILES string of the molecule is C=CCc1ccc(OCCN2CCN(c3nsc4ccccc34)CC2)c(OC)c1. The van der Waals surface area contributed by atoms with Crippen molar-refractivity contribution in [1.29, 1.82) is 0 Å². The van der Waals surface area contributed by atoms with Gasteiger partial charge in [-0.05, 0) is 47.8 Å². The number of allylic oxidation sites excluding steroid dienone is 1. The minimum Gasteiger partial charge on any atom is -0.493 e. The molecule has 2 heterocycles. The van der Waals surface area contributed by atoms with E-state index in [1.807, 2.05) is 18.2 Å². The first-order valence-electron chi connectivity index (χ1n) is 10.0. The van der Waals surface area contributed by atoms with Crippen LogP contribution < -0.4 is 14.4 Å². The Hall–Kier alpha value is -2.57. The number of rotatable bonds is 8. The van der Waals surface area contributed by atoms with E-state index >= 15 is 0 Å². The average Bonchev–Trinajstić information content (AvgIpc) is 3.19. The summed E-state index contributed by atoms with van der Waals surface area (Å²) in [6.07, 6.45) is 2.72. The Bertz CT molecular complexity index is 964. The van der Waals surface area contributed by atoms with Gasteiger partial charge in [-0.25, -0.2) is 0 Å². The summed E-state index contributed by atoms with van der Waals surface area (Å²) in [6.45, 7) is 9.37. The van der Waals surface area contributed by atoms with Crippen LogP contribution in [0, 0.1) is 0 Å². The van der Waals surface area contributed by atoms with Crippen molar-refractivity contribution < 1.29 is 9.47 Å². The van der Waals surface area contributed by atoms with Crippen molar-refractivity contribution in [3.05, 3.63) is 60.7 Å². The average molecular weight is 410 g/mol. The summed E-state index contributed by atoms with van der Waals surface area (Å²) < 4.78 is 17.4. The molecule has 1 aromatic heterocycles. The predicted octanol–water partition coefficient (Wildman–Crippen LogP) is 4.23. The van der Waals surface area contributed by atoms with Gasteiger partial charge in [-0.1, -0.05) is 24.3 Å². The summed E-state index contributed by atoms with van der Waals surface area (Å²) in [6, 6.07) is 14.5. The maximum absolute atomic E-state index is 6.00. The standard InChI is InChI=1S/C23H27N3O2S/c1-3-6-18-9-10-20(21(17-18)27-2)28-16-15-25-11-13-26(14-12-25)23-19-7-4-5-8-22(19)29-24-23/h3-5,7-10,17H,1,6,11-16H2,2H3. The second-order valence-electron chi connectivity index (χ2n) is 7.16. The van der Waals surface area contributed by atoms with Crippen LogP contribution in [0.4, 0.5) is 5.82 Å². The van der Waals surface area contributed by atoms with Crippen LogP contribution in [-0.4, -0.2) is 55.7 Å². The summed E-state index contributed by atoms with van der Waals surface area (Å²) in [5, 5.41) is 1.27. The molecule has 3 aromatic rings. The van der Waals surface area contributed by atoms with Gasteiger partial charge in [0.15, 0.2) is 11.5 Å². The van der Waals surface area contributed by atoms with Crippen molar-refractivity contribution in [2.24, 2.45) is 0 Å². The fourth-order valence-corrected chi connectivity index (χ4v) is 4.49. The molecule has 0 radical (unpaired) electrons. The largest absolute Gasteiger partial charge is 0.493 e. The van der Waals surface area contributed by atoms with E-state index in [9.17, 15) is 0 Å². The van der Waals surface area contributed by atoms with Crippen LogP contribution >= 0.6 is 11.5 Å². The predicted molar refractivity (Wildman–Crippen MR) is 121 cm³/mol. The van der Waals surface area contributed by atoms with Crippen LogP contribution in [0.2, 0.25) is 0 Å². The fourth-order valence-electron chi connectivity index (χ4n) is 3.69. The first kappa shape index (κ1) is 19.7. The summed E-state index contributed by atoms with van der Waals surface area (Å²) in [4.78, 5) is 4.85. The van der Waals surface area contributed by atoms with E-state index in [1.54, 1.807) is 18.6 Å². The van der Waals surface area contributed by atoms with Crippen molar-refractivity contribution in [3.8, 4) is 11.5 Å². The Balaban J connectivity index is 1.28. The Morgan fingerprint density at radius 3 is 2.72 bits per heavy atom. The molecule has 0 bridgehead atoms. The molecule has 2 aromatic carbocycles. The van der Waals surface area contributed by atoms with E-state index in [0.717, 1.165) is 56.5 Å². The third-order valence-electron chi connectivity index (χ3n) is 5.30. The number of aromatic nitrogens is 1. The fraction of sp³-hybridized carbons (Fsp3) is 0.348. The van der Waals surface area contributed by atoms with Gasteiger partial charge in [0.05, 0.1) is 11.8 Å². The first-order chi connectivity index (χ1) is 14.3. The number of hydrogen-bond donors (Lipinski definition) is 0. The van der Waals surface area contributed by atoms with Crippen molar-refractivity contribution in [2.45, 2.75) is 6.42 Å². The molecule has 0 unspecified atom stereocenters. The molecule has 1 aliphatic rings. The molecule has 152 valence electrons. The molecule has 29 heavy (non-hydrogen) atoms. The van der Waals surface area contributed by atoms with E-state index in [2.05, 4.69) is 51.1 Å². The topological polar surface area (TPSA) is 37.8 Å². The summed E-state index contributed by atoms with van der Waals surface area (Å²) in [7, 11) is 1.68. The molecule has 5 nitrogen and oxygen atoms in total. The molecule has 0 amide bonds. The molecule has 1 saturated heterocycles. The van der Waals surface area contributed by atoms with Gasteiger partial charge in [0.2, 0.25) is 0 Å². The van der Waals surface area contributed by atoms with Gasteiger partial charge in [-0.2, -0.15) is 4.37 Å². The second-order valence-corrected chi connectivity index (χ2v) is 7.96. The molecule has 1 fully saturated rings. The molecule has 4 rings (SSSR count). The summed E-state index contributed by atoms with van der Waals surface area (Å²) in [5.41, 5.74) is 1.18. The zero-order valence-corrected chi connectivity index (χ0v) is 17.7. The van der Waals surface area contributed by atoms with Crippen LogP contribution in [-0.2, 0) is 6.42 Å². The third-order valence-corrected chi connectivity index (χ3v) is 6.12. The third kappa shape index (κ3) is 4.54. The second kappa shape index (κ2) is 9.29. The molecule has 0 N–H and O–H groups in total. The van der Waals surface area contributed by atoms with Crippen molar-refractivity contribution >= 4 is 27.4 Å². The lowest BCUT2D eigenvalue weighted by Crippen LogP contribution is -2.47. The van der Waals surface area contributed by atoms with Crippen molar-refractivity contribution in [1.82, 2.24) is 9.27 Å². The quantitative estimate of drug-likeness (QED) is 0.521. The Morgan fingerprint density at radius 1 is 1.10 bits per heavy atom. The molecule has 6 heteroatoms. The van der Waals surface area contributed by atoms with Crippen LogP contribution in [0.15, 0.2) is 55.1 Å². The Labute approximate surface area is 176 Å². The molecule has 0 aliphatic carbocycles. The highest BCUT2D eigenvalue weighted by atomic mass is 32.1. The number of benzene rings is 2. The molecular formula is C23H27N3O2S. The minimum atomic E-state index is 0.650. The van der Waals surface area contributed by atoms with E-state index in [0.29, 0.717) is 6.61 Å². The lowest BCUT2D eigenvalue weighted by Gasteiger charge is -2.35. The Kier molecular flexibility index (Phi) is 6.32. The number of methoxy groups -OCH3 is 1. The molecular weight excluding hydrogens is 382 g/mol. The Morgan fingerprint density at radius 2 is 1.93 bits per heavy atom. The van der Waals surface area contributed by atoms with Crippen molar-refractivity contribution in [3.63, 3.8) is 0 Å². The smallest absolute Gasteiger partial charge is 0.161 e. The summed E-state index contributed by atoms with van der Waals surface area (Å²) >= 11 is 1.58. The van der Waals surface area contributed by atoms with E-state index in [1.165, 1.54) is 15.6 Å². The number of ether oxygens (including phenoxy) is 2. The lowest BCUT2D eigenvalue weighted by atomic mass is 10.1. The zero-order valence-electron chi connectivity index (χ0n) is 16.8. The monoisotopic (exact) mass is 409 g/mol. The summed E-state index contributed by atoms with van der Waals surface area (Å²) in [5.74, 6) is 2.71. The highest BCUT2D eigenvalue weighted by molar-refractivity contribution is 7.13. The number of nitrogens with zero attached hydrogens (tertiary/aromatic N) is 3. The van der Waals surface area contributed by atoms with Gasteiger partial charge in [-0.3, -0.25) is 4.90 Å². The van der Waals surface area contributed by atoms with Gasteiger partial charge in [0.1, 0.15) is 12.4 Å². The van der Waals surface area contributed by atoms with Crippen LogP contribution in [0.3, 0.4) is 0 Å². The highest BCUT2D eigenvalue weighted by Crippen LogP contribution is 2.30. The van der Waals surface area contributed by atoms with Gasteiger partial charge in [0.25, 0.3) is 0 Å². The minimum absolute atomic E-state index is 0.650. The maximum atomic E-state index is 6.00. The number of fused-ring (bicyclic) bond motifs is 1. The van der Waals surface area contributed by atoms with Gasteiger partial charge in [-0.15, -0.1) is 6.58 Å². The number of piperazine rings is 1. The number of anilines is 1. The van der Waals surface area contributed by atoms with E-state index in [-0.39, 0.29) is 0 Å². The van der Waals surface area contributed by atoms with E-state index in [4.69, 9.17) is 9.47 Å². The van der Waals surface area contributed by atoms with Crippen LogP contribution in [0.1, 0.15) is 5.56 Å². The maximum Gasteiger partial charge on any atom is 0.161 e. The lowest BCUT2D eigenvalue weighted by molar-refractivity contribution is 0.196. The zero-order chi connectivity index (χ0) is 20.1.